The maximum absolute atomic E-state index is 13.0. The van der Waals surface area contributed by atoms with Gasteiger partial charge in [-0.1, -0.05) is 20.8 Å². The van der Waals surface area contributed by atoms with Crippen LogP contribution in [0.15, 0.2) is 18.2 Å². The third-order valence-corrected chi connectivity index (χ3v) is 6.90. The fourth-order valence-electron chi connectivity index (χ4n) is 4.67. The van der Waals surface area contributed by atoms with Crippen molar-refractivity contribution in [1.29, 1.82) is 0 Å². The SMILES string of the molecule is CC12CCC(C(=O)N(CCC(=O)Nc3ccc4c(c3)OCCO4)C1=O)C2(C)C. The van der Waals surface area contributed by atoms with E-state index in [1.165, 1.54) is 4.90 Å². The highest BCUT2D eigenvalue weighted by Gasteiger charge is 2.64. The van der Waals surface area contributed by atoms with E-state index in [-0.39, 0.29) is 42.0 Å². The maximum Gasteiger partial charge on any atom is 0.235 e. The first-order chi connectivity index (χ1) is 13.2. The van der Waals surface area contributed by atoms with Gasteiger partial charge in [-0.05, 0) is 30.4 Å². The van der Waals surface area contributed by atoms with E-state index in [0.29, 0.717) is 30.4 Å². The molecule has 2 bridgehead atoms. The number of piperidine rings is 1. The molecule has 1 N–H and O–H groups in total. The number of nitrogens with zero attached hydrogens (tertiary/aromatic N) is 1. The van der Waals surface area contributed by atoms with Crippen LogP contribution in [0.1, 0.15) is 40.0 Å². The lowest BCUT2D eigenvalue weighted by molar-refractivity contribution is -0.167. The second-order valence-corrected chi connectivity index (χ2v) is 8.60. The molecule has 1 aromatic carbocycles. The lowest BCUT2D eigenvalue weighted by atomic mass is 9.62. The zero-order chi connectivity index (χ0) is 20.1. The number of rotatable bonds is 4. The van der Waals surface area contributed by atoms with E-state index in [1.54, 1.807) is 18.2 Å². The maximum atomic E-state index is 13.0. The fraction of sp³-hybridized carbons (Fsp3) is 0.571. The minimum atomic E-state index is -0.544. The van der Waals surface area contributed by atoms with E-state index in [9.17, 15) is 14.4 Å². The number of anilines is 1. The Morgan fingerprint density at radius 1 is 1.18 bits per heavy atom. The Kier molecular flexibility index (Phi) is 4.36. The molecule has 1 aromatic rings. The molecule has 2 aliphatic heterocycles. The average Bonchev–Trinajstić information content (AvgIpc) is 2.85. The predicted octanol–water partition coefficient (Wildman–Crippen LogP) is 2.60. The molecule has 3 aliphatic rings. The highest BCUT2D eigenvalue weighted by atomic mass is 16.6. The fourth-order valence-corrected chi connectivity index (χ4v) is 4.67. The standard InChI is InChI=1S/C21H26N2O5/c1-20(2)14-6-8-21(20,3)19(26)23(18(14)25)9-7-17(24)22-13-4-5-15-16(12-13)28-11-10-27-15/h4-5,12,14H,6-11H2,1-3H3,(H,22,24). The first kappa shape index (κ1) is 18.8. The van der Waals surface area contributed by atoms with Gasteiger partial charge in [-0.25, -0.2) is 0 Å². The van der Waals surface area contributed by atoms with Gasteiger partial charge < -0.3 is 14.8 Å². The number of carbonyl (C=O) groups is 3. The van der Waals surface area contributed by atoms with Crippen LogP contribution in [0.4, 0.5) is 5.69 Å². The first-order valence-corrected chi connectivity index (χ1v) is 9.79. The van der Waals surface area contributed by atoms with Crippen LogP contribution in [0.25, 0.3) is 0 Å². The molecule has 2 unspecified atom stereocenters. The Morgan fingerprint density at radius 2 is 1.89 bits per heavy atom. The summed E-state index contributed by atoms with van der Waals surface area (Å²) in [5.74, 6) is 0.549. The molecule has 7 heteroatoms. The minimum absolute atomic E-state index is 0.0646. The van der Waals surface area contributed by atoms with Crippen molar-refractivity contribution in [3.8, 4) is 11.5 Å². The topological polar surface area (TPSA) is 84.9 Å². The number of likely N-dealkylation sites (tertiary alicyclic amines) is 1. The smallest absolute Gasteiger partial charge is 0.235 e. The molecule has 4 rings (SSSR count). The molecule has 2 fully saturated rings. The van der Waals surface area contributed by atoms with Gasteiger partial charge in [-0.2, -0.15) is 0 Å². The number of fused-ring (bicyclic) bond motifs is 3. The van der Waals surface area contributed by atoms with Crippen molar-refractivity contribution in [3.63, 3.8) is 0 Å². The number of hydrogen-bond donors (Lipinski definition) is 1. The summed E-state index contributed by atoms with van der Waals surface area (Å²) in [5.41, 5.74) is -0.290. The van der Waals surface area contributed by atoms with Crippen LogP contribution in [0.5, 0.6) is 11.5 Å². The summed E-state index contributed by atoms with van der Waals surface area (Å²) < 4.78 is 11.0. The molecule has 0 spiro atoms. The van der Waals surface area contributed by atoms with Gasteiger partial charge in [0.25, 0.3) is 0 Å². The van der Waals surface area contributed by atoms with Gasteiger partial charge >= 0.3 is 0 Å². The molecule has 150 valence electrons. The highest BCUT2D eigenvalue weighted by Crippen LogP contribution is 2.60. The molecule has 3 amide bonds. The Balaban J connectivity index is 1.40. The first-order valence-electron chi connectivity index (χ1n) is 9.79. The highest BCUT2D eigenvalue weighted by molar-refractivity contribution is 6.04. The van der Waals surface area contributed by atoms with Gasteiger partial charge in [-0.3, -0.25) is 19.3 Å². The van der Waals surface area contributed by atoms with Gasteiger partial charge in [-0.15, -0.1) is 0 Å². The van der Waals surface area contributed by atoms with Crippen molar-refractivity contribution < 1.29 is 23.9 Å². The summed E-state index contributed by atoms with van der Waals surface area (Å²) in [6.07, 6.45) is 1.51. The molecule has 1 aliphatic carbocycles. The lowest BCUT2D eigenvalue weighted by Gasteiger charge is -2.47. The molecule has 2 heterocycles. The van der Waals surface area contributed by atoms with E-state index >= 15 is 0 Å². The Bertz CT molecular complexity index is 849. The van der Waals surface area contributed by atoms with E-state index in [0.717, 1.165) is 12.8 Å². The zero-order valence-electron chi connectivity index (χ0n) is 16.5. The number of hydrogen-bond acceptors (Lipinski definition) is 5. The van der Waals surface area contributed by atoms with E-state index in [4.69, 9.17) is 9.47 Å². The number of carbonyl (C=O) groups excluding carboxylic acids is 3. The minimum Gasteiger partial charge on any atom is -0.486 e. The molecular formula is C21H26N2O5. The third kappa shape index (κ3) is 2.75. The van der Waals surface area contributed by atoms with Crippen molar-refractivity contribution in [2.75, 3.05) is 25.1 Å². The Hall–Kier alpha value is -2.57. The molecule has 28 heavy (non-hydrogen) atoms. The monoisotopic (exact) mass is 386 g/mol. The van der Waals surface area contributed by atoms with E-state index in [2.05, 4.69) is 5.32 Å². The second kappa shape index (κ2) is 6.50. The average molecular weight is 386 g/mol. The molecular weight excluding hydrogens is 360 g/mol. The quantitative estimate of drug-likeness (QED) is 0.804. The summed E-state index contributed by atoms with van der Waals surface area (Å²) >= 11 is 0. The van der Waals surface area contributed by atoms with Gasteiger partial charge in [0.1, 0.15) is 13.2 Å². The van der Waals surface area contributed by atoms with Crippen LogP contribution in [0.3, 0.4) is 0 Å². The summed E-state index contributed by atoms with van der Waals surface area (Å²) in [4.78, 5) is 39.5. The molecule has 0 aromatic heterocycles. The predicted molar refractivity (Wildman–Crippen MR) is 102 cm³/mol. The van der Waals surface area contributed by atoms with Crippen molar-refractivity contribution in [3.05, 3.63) is 18.2 Å². The van der Waals surface area contributed by atoms with Gasteiger partial charge in [0.15, 0.2) is 11.5 Å². The number of imide groups is 1. The Labute approximate surface area is 164 Å². The lowest BCUT2D eigenvalue weighted by Crippen LogP contribution is -2.59. The summed E-state index contributed by atoms with van der Waals surface area (Å²) in [7, 11) is 0. The van der Waals surface area contributed by atoms with Crippen LogP contribution in [-0.2, 0) is 14.4 Å². The zero-order valence-corrected chi connectivity index (χ0v) is 16.5. The molecule has 1 saturated heterocycles. The summed E-state index contributed by atoms with van der Waals surface area (Å²) in [6, 6.07) is 5.21. The summed E-state index contributed by atoms with van der Waals surface area (Å²) in [5, 5.41) is 2.80. The van der Waals surface area contributed by atoms with Crippen LogP contribution < -0.4 is 14.8 Å². The van der Waals surface area contributed by atoms with Gasteiger partial charge in [0, 0.05) is 30.6 Å². The van der Waals surface area contributed by atoms with Crippen LogP contribution in [0.2, 0.25) is 0 Å². The van der Waals surface area contributed by atoms with Crippen molar-refractivity contribution >= 4 is 23.4 Å². The number of nitrogens with one attached hydrogen (secondary N) is 1. The third-order valence-electron chi connectivity index (χ3n) is 6.90. The molecule has 7 nitrogen and oxygen atoms in total. The van der Waals surface area contributed by atoms with Gasteiger partial charge in [0.2, 0.25) is 17.7 Å². The van der Waals surface area contributed by atoms with Crippen LogP contribution in [0, 0.1) is 16.7 Å². The van der Waals surface area contributed by atoms with E-state index < -0.39 is 5.41 Å². The molecule has 2 atom stereocenters. The number of amides is 3. The van der Waals surface area contributed by atoms with Crippen molar-refractivity contribution in [2.24, 2.45) is 16.7 Å². The normalized spacial score (nSPS) is 27.7. The van der Waals surface area contributed by atoms with Crippen molar-refractivity contribution in [1.82, 2.24) is 4.90 Å². The van der Waals surface area contributed by atoms with E-state index in [1.807, 2.05) is 20.8 Å². The Morgan fingerprint density at radius 3 is 2.64 bits per heavy atom. The second-order valence-electron chi connectivity index (χ2n) is 8.60. The summed E-state index contributed by atoms with van der Waals surface area (Å²) in [6.45, 7) is 7.05. The molecule has 1 saturated carbocycles. The van der Waals surface area contributed by atoms with Crippen molar-refractivity contribution in [2.45, 2.75) is 40.0 Å². The number of benzene rings is 1. The van der Waals surface area contributed by atoms with Crippen LogP contribution >= 0.6 is 0 Å². The van der Waals surface area contributed by atoms with Gasteiger partial charge in [0.05, 0.1) is 5.41 Å². The largest absolute Gasteiger partial charge is 0.486 e. The van der Waals surface area contributed by atoms with Crippen LogP contribution in [-0.4, -0.2) is 42.4 Å². The molecule has 0 radical (unpaired) electrons. The number of ether oxygens (including phenoxy) is 2.